The molecule has 0 aliphatic carbocycles. The molecule has 1 amide bonds. The van der Waals surface area contributed by atoms with Crippen molar-refractivity contribution in [2.75, 3.05) is 18.2 Å². The van der Waals surface area contributed by atoms with E-state index >= 15 is 0 Å². The Labute approximate surface area is 127 Å². The molecule has 2 rings (SSSR count). The summed E-state index contributed by atoms with van der Waals surface area (Å²) in [5.74, 6) is 0.413. The highest BCUT2D eigenvalue weighted by Crippen LogP contribution is 2.24. The summed E-state index contributed by atoms with van der Waals surface area (Å²) in [5, 5.41) is 4.72. The van der Waals surface area contributed by atoms with Gasteiger partial charge in [-0.05, 0) is 30.5 Å². The monoisotopic (exact) mass is 306 g/mol. The van der Waals surface area contributed by atoms with E-state index in [9.17, 15) is 4.79 Å². The number of hydrogen-bond acceptors (Lipinski definition) is 5. The van der Waals surface area contributed by atoms with Gasteiger partial charge in [-0.25, -0.2) is 0 Å². The molecule has 1 unspecified atom stereocenters. The molecule has 0 saturated heterocycles. The van der Waals surface area contributed by atoms with Crippen LogP contribution < -0.4 is 15.8 Å². The van der Waals surface area contributed by atoms with Gasteiger partial charge < -0.3 is 20.5 Å². The molecule has 0 aliphatic rings. The van der Waals surface area contributed by atoms with Crippen LogP contribution in [0.25, 0.3) is 0 Å². The van der Waals surface area contributed by atoms with Crippen molar-refractivity contribution < 1.29 is 14.3 Å². The number of rotatable bonds is 6. The zero-order valence-corrected chi connectivity index (χ0v) is 12.8. The maximum atomic E-state index is 12.1. The van der Waals surface area contributed by atoms with Gasteiger partial charge in [0.1, 0.15) is 11.9 Å². The standard InChI is InChI=1S/C15H18N2O3S/c1-10(20-9-12-4-3-7-21-12)15(18)17-14-6-5-11(19-2)8-13(14)16/h3-8,10H,9,16H2,1-2H3,(H,17,18). The summed E-state index contributed by atoms with van der Waals surface area (Å²) in [6.07, 6.45) is -0.561. The maximum absolute atomic E-state index is 12.1. The number of carbonyl (C=O) groups is 1. The lowest BCUT2D eigenvalue weighted by atomic mass is 10.2. The number of nitrogens with one attached hydrogen (secondary N) is 1. The van der Waals surface area contributed by atoms with E-state index in [-0.39, 0.29) is 5.91 Å². The summed E-state index contributed by atoms with van der Waals surface area (Å²) >= 11 is 1.60. The molecule has 1 aromatic carbocycles. The average Bonchev–Trinajstić information content (AvgIpc) is 3.00. The Balaban J connectivity index is 1.91. The summed E-state index contributed by atoms with van der Waals surface area (Å²) in [5.41, 5.74) is 6.86. The van der Waals surface area contributed by atoms with Crippen molar-refractivity contribution in [1.82, 2.24) is 0 Å². The maximum Gasteiger partial charge on any atom is 0.253 e. The van der Waals surface area contributed by atoms with Crippen LogP contribution >= 0.6 is 11.3 Å². The van der Waals surface area contributed by atoms with E-state index in [1.54, 1.807) is 43.6 Å². The molecule has 0 spiro atoms. The molecular formula is C15H18N2O3S. The second kappa shape index (κ2) is 7.10. The number of nitrogens with two attached hydrogens (primary N) is 1. The fraction of sp³-hybridized carbons (Fsp3) is 0.267. The average molecular weight is 306 g/mol. The lowest BCUT2D eigenvalue weighted by Crippen LogP contribution is -2.27. The highest BCUT2D eigenvalue weighted by atomic mass is 32.1. The van der Waals surface area contributed by atoms with Gasteiger partial charge in [0, 0.05) is 10.9 Å². The number of benzene rings is 1. The summed E-state index contributed by atoms with van der Waals surface area (Å²) in [4.78, 5) is 13.1. The summed E-state index contributed by atoms with van der Waals surface area (Å²) in [6, 6.07) is 9.02. The van der Waals surface area contributed by atoms with E-state index < -0.39 is 6.10 Å². The van der Waals surface area contributed by atoms with Crippen LogP contribution in [0.15, 0.2) is 35.7 Å². The molecule has 6 heteroatoms. The van der Waals surface area contributed by atoms with Crippen LogP contribution in [0.4, 0.5) is 11.4 Å². The number of carbonyl (C=O) groups excluding carboxylic acids is 1. The fourth-order valence-electron chi connectivity index (χ4n) is 1.69. The highest BCUT2D eigenvalue weighted by molar-refractivity contribution is 7.09. The first-order valence-corrected chi connectivity index (χ1v) is 7.36. The van der Waals surface area contributed by atoms with E-state index in [0.717, 1.165) is 4.88 Å². The van der Waals surface area contributed by atoms with Crippen molar-refractivity contribution in [3.8, 4) is 5.75 Å². The smallest absolute Gasteiger partial charge is 0.253 e. The molecule has 0 radical (unpaired) electrons. The van der Waals surface area contributed by atoms with Gasteiger partial charge in [-0.15, -0.1) is 11.3 Å². The SMILES string of the molecule is COc1ccc(NC(=O)C(C)OCc2cccs2)c(N)c1. The molecule has 112 valence electrons. The minimum absolute atomic E-state index is 0.233. The number of amides is 1. The predicted molar refractivity (Wildman–Crippen MR) is 84.6 cm³/mol. The molecule has 0 aliphatic heterocycles. The van der Waals surface area contributed by atoms with Crippen molar-refractivity contribution in [2.45, 2.75) is 19.6 Å². The Kier molecular flexibility index (Phi) is 5.19. The third-order valence-corrected chi connectivity index (χ3v) is 3.79. The zero-order chi connectivity index (χ0) is 15.2. The minimum atomic E-state index is -0.561. The number of methoxy groups -OCH3 is 1. The molecule has 21 heavy (non-hydrogen) atoms. The highest BCUT2D eigenvalue weighted by Gasteiger charge is 2.15. The third-order valence-electron chi connectivity index (χ3n) is 2.94. The largest absolute Gasteiger partial charge is 0.497 e. The van der Waals surface area contributed by atoms with E-state index in [1.165, 1.54) is 0 Å². The molecule has 0 saturated carbocycles. The van der Waals surface area contributed by atoms with Gasteiger partial charge in [-0.3, -0.25) is 4.79 Å². The van der Waals surface area contributed by atoms with Crippen LogP contribution in [-0.4, -0.2) is 19.1 Å². The molecule has 0 bridgehead atoms. The van der Waals surface area contributed by atoms with Gasteiger partial charge in [-0.1, -0.05) is 6.07 Å². The first kappa shape index (κ1) is 15.3. The van der Waals surface area contributed by atoms with Crippen LogP contribution in [0, 0.1) is 0 Å². The Hall–Kier alpha value is -2.05. The number of hydrogen-bond donors (Lipinski definition) is 2. The summed E-state index contributed by atoms with van der Waals surface area (Å²) in [7, 11) is 1.56. The van der Waals surface area contributed by atoms with E-state index in [2.05, 4.69) is 5.32 Å². The summed E-state index contributed by atoms with van der Waals surface area (Å²) in [6.45, 7) is 2.13. The van der Waals surface area contributed by atoms with Crippen molar-refractivity contribution in [3.63, 3.8) is 0 Å². The predicted octanol–water partition coefficient (Wildman–Crippen LogP) is 2.88. The fourth-order valence-corrected chi connectivity index (χ4v) is 2.32. The second-order valence-electron chi connectivity index (χ2n) is 4.48. The molecular weight excluding hydrogens is 288 g/mol. The van der Waals surface area contributed by atoms with Crippen LogP contribution in [0.1, 0.15) is 11.8 Å². The summed E-state index contributed by atoms with van der Waals surface area (Å²) < 4.78 is 10.6. The molecule has 1 atom stereocenters. The van der Waals surface area contributed by atoms with E-state index in [0.29, 0.717) is 23.7 Å². The van der Waals surface area contributed by atoms with E-state index in [4.69, 9.17) is 15.2 Å². The number of thiophene rings is 1. The Morgan fingerprint density at radius 3 is 2.86 bits per heavy atom. The second-order valence-corrected chi connectivity index (χ2v) is 5.51. The normalized spacial score (nSPS) is 11.9. The third kappa shape index (κ3) is 4.21. The molecule has 1 heterocycles. The van der Waals surface area contributed by atoms with Gasteiger partial charge in [0.05, 0.1) is 25.1 Å². The quantitative estimate of drug-likeness (QED) is 0.805. The number of anilines is 2. The van der Waals surface area contributed by atoms with Gasteiger partial charge >= 0.3 is 0 Å². The van der Waals surface area contributed by atoms with Crippen molar-refractivity contribution in [1.29, 1.82) is 0 Å². The van der Waals surface area contributed by atoms with Crippen molar-refractivity contribution in [3.05, 3.63) is 40.6 Å². The Morgan fingerprint density at radius 1 is 1.43 bits per heavy atom. The van der Waals surface area contributed by atoms with Crippen LogP contribution in [-0.2, 0) is 16.1 Å². The van der Waals surface area contributed by atoms with Crippen LogP contribution in [0.2, 0.25) is 0 Å². The van der Waals surface area contributed by atoms with Gasteiger partial charge in [0.2, 0.25) is 0 Å². The molecule has 5 nitrogen and oxygen atoms in total. The first-order chi connectivity index (χ1) is 10.1. The number of ether oxygens (including phenoxy) is 2. The topological polar surface area (TPSA) is 73.6 Å². The van der Waals surface area contributed by atoms with Gasteiger partial charge in [-0.2, -0.15) is 0 Å². The molecule has 1 aromatic heterocycles. The molecule has 0 fully saturated rings. The van der Waals surface area contributed by atoms with Crippen LogP contribution in [0.5, 0.6) is 5.75 Å². The van der Waals surface area contributed by atoms with Crippen LogP contribution in [0.3, 0.4) is 0 Å². The lowest BCUT2D eigenvalue weighted by molar-refractivity contribution is -0.127. The van der Waals surface area contributed by atoms with Crippen molar-refractivity contribution in [2.24, 2.45) is 0 Å². The van der Waals surface area contributed by atoms with Gasteiger partial charge in [0.25, 0.3) is 5.91 Å². The lowest BCUT2D eigenvalue weighted by Gasteiger charge is -2.14. The van der Waals surface area contributed by atoms with Gasteiger partial charge in [0.15, 0.2) is 0 Å². The van der Waals surface area contributed by atoms with Crippen molar-refractivity contribution >= 4 is 28.6 Å². The van der Waals surface area contributed by atoms with E-state index in [1.807, 2.05) is 17.5 Å². The molecule has 2 aromatic rings. The zero-order valence-electron chi connectivity index (χ0n) is 12.0. The number of nitrogen functional groups attached to an aromatic ring is 1. The molecule has 3 N–H and O–H groups in total. The Morgan fingerprint density at radius 2 is 2.24 bits per heavy atom. The Bertz CT molecular complexity index is 599. The first-order valence-electron chi connectivity index (χ1n) is 6.48. The minimum Gasteiger partial charge on any atom is -0.497 e.